The first-order valence-corrected chi connectivity index (χ1v) is 5.17. The summed E-state index contributed by atoms with van der Waals surface area (Å²) in [6, 6.07) is 13.0. The van der Waals surface area contributed by atoms with E-state index in [2.05, 4.69) is 53.4 Å². The van der Waals surface area contributed by atoms with Crippen LogP contribution >= 0.6 is 0 Å². The molecular formula is C13H13N. The molecule has 1 aliphatic carbocycles. The highest BCUT2D eigenvalue weighted by atomic mass is 14.9. The summed E-state index contributed by atoms with van der Waals surface area (Å²) in [5.41, 5.74) is 2.75. The van der Waals surface area contributed by atoms with Gasteiger partial charge < -0.3 is 4.57 Å². The van der Waals surface area contributed by atoms with Crippen LogP contribution in [0.1, 0.15) is 24.3 Å². The van der Waals surface area contributed by atoms with Crippen LogP contribution in [0, 0.1) is 0 Å². The van der Waals surface area contributed by atoms with Gasteiger partial charge in [0.1, 0.15) is 0 Å². The Morgan fingerprint density at radius 3 is 2.14 bits per heavy atom. The second-order valence-electron chi connectivity index (χ2n) is 3.96. The maximum Gasteiger partial charge on any atom is 0.0449 e. The Kier molecular flexibility index (Phi) is 1.69. The van der Waals surface area contributed by atoms with Gasteiger partial charge in [0.25, 0.3) is 0 Å². The third-order valence-corrected chi connectivity index (χ3v) is 2.84. The molecule has 70 valence electrons. The second-order valence-corrected chi connectivity index (χ2v) is 3.96. The van der Waals surface area contributed by atoms with Crippen molar-refractivity contribution in [3.63, 3.8) is 0 Å². The topological polar surface area (TPSA) is 4.93 Å². The fraction of sp³-hybridized carbons (Fsp3) is 0.231. The van der Waals surface area contributed by atoms with E-state index in [1.165, 1.54) is 24.1 Å². The van der Waals surface area contributed by atoms with Gasteiger partial charge in [-0.3, -0.25) is 0 Å². The minimum Gasteiger partial charge on any atom is -0.324 e. The Labute approximate surface area is 84.0 Å². The maximum absolute atomic E-state index is 2.26. The highest BCUT2D eigenvalue weighted by molar-refractivity contribution is 5.37. The molecule has 0 aliphatic heterocycles. The smallest absolute Gasteiger partial charge is 0.0449 e. The van der Waals surface area contributed by atoms with Crippen LogP contribution in [0.25, 0.3) is 5.69 Å². The summed E-state index contributed by atoms with van der Waals surface area (Å²) in [6.45, 7) is 0. The third kappa shape index (κ3) is 1.35. The van der Waals surface area contributed by atoms with Crippen molar-refractivity contribution in [3.05, 3.63) is 54.4 Å². The monoisotopic (exact) mass is 183 g/mol. The van der Waals surface area contributed by atoms with Gasteiger partial charge in [0, 0.05) is 18.1 Å². The molecule has 0 unspecified atom stereocenters. The molecular weight excluding hydrogens is 170 g/mol. The van der Waals surface area contributed by atoms with Crippen molar-refractivity contribution in [1.82, 2.24) is 4.57 Å². The Morgan fingerprint density at radius 1 is 0.929 bits per heavy atom. The van der Waals surface area contributed by atoms with Gasteiger partial charge in [0.15, 0.2) is 0 Å². The molecule has 3 rings (SSSR count). The summed E-state index contributed by atoms with van der Waals surface area (Å²) in [5, 5.41) is 0. The summed E-state index contributed by atoms with van der Waals surface area (Å²) in [7, 11) is 0. The minimum atomic E-state index is 0.855. The van der Waals surface area contributed by atoms with Gasteiger partial charge in [-0.15, -0.1) is 0 Å². The van der Waals surface area contributed by atoms with Gasteiger partial charge >= 0.3 is 0 Å². The number of benzene rings is 1. The third-order valence-electron chi connectivity index (χ3n) is 2.84. The van der Waals surface area contributed by atoms with E-state index in [1.54, 1.807) is 0 Å². The number of rotatable bonds is 2. The Bertz CT molecular complexity index is 407. The molecule has 1 saturated carbocycles. The molecule has 14 heavy (non-hydrogen) atoms. The summed E-state index contributed by atoms with van der Waals surface area (Å²) in [4.78, 5) is 0. The highest BCUT2D eigenvalue weighted by Gasteiger charge is 2.22. The molecule has 1 aliphatic rings. The molecule has 1 heterocycles. The molecule has 1 heteroatoms. The Balaban J connectivity index is 1.93. The highest BCUT2D eigenvalue weighted by Crippen LogP contribution is 2.40. The average Bonchev–Trinajstić information content (AvgIpc) is 2.94. The van der Waals surface area contributed by atoms with Crippen LogP contribution in [0.5, 0.6) is 0 Å². The fourth-order valence-corrected chi connectivity index (χ4v) is 1.84. The van der Waals surface area contributed by atoms with Crippen LogP contribution < -0.4 is 0 Å². The molecule has 0 saturated heterocycles. The second kappa shape index (κ2) is 3.02. The fourth-order valence-electron chi connectivity index (χ4n) is 1.84. The van der Waals surface area contributed by atoms with Crippen molar-refractivity contribution in [2.75, 3.05) is 0 Å². The Hall–Kier alpha value is -1.50. The lowest BCUT2D eigenvalue weighted by atomic mass is 10.1. The lowest BCUT2D eigenvalue weighted by Crippen LogP contribution is -1.89. The van der Waals surface area contributed by atoms with Gasteiger partial charge in [-0.2, -0.15) is 0 Å². The zero-order chi connectivity index (χ0) is 9.38. The van der Waals surface area contributed by atoms with Gasteiger partial charge in [-0.25, -0.2) is 0 Å². The van der Waals surface area contributed by atoms with E-state index >= 15 is 0 Å². The number of hydrogen-bond acceptors (Lipinski definition) is 0. The summed E-state index contributed by atoms with van der Waals surface area (Å²) < 4.78 is 2.14. The van der Waals surface area contributed by atoms with Crippen molar-refractivity contribution < 1.29 is 0 Å². The predicted octanol–water partition coefficient (Wildman–Crippen LogP) is 3.35. The minimum absolute atomic E-state index is 0.855. The van der Waals surface area contributed by atoms with Crippen LogP contribution in [0.3, 0.4) is 0 Å². The van der Waals surface area contributed by atoms with Crippen molar-refractivity contribution in [3.8, 4) is 5.69 Å². The van der Waals surface area contributed by atoms with Crippen molar-refractivity contribution in [2.24, 2.45) is 0 Å². The number of hydrogen-bond donors (Lipinski definition) is 0. The lowest BCUT2D eigenvalue weighted by Gasteiger charge is -2.03. The molecule has 1 aromatic carbocycles. The van der Waals surface area contributed by atoms with E-state index in [-0.39, 0.29) is 0 Å². The predicted molar refractivity (Wildman–Crippen MR) is 57.7 cm³/mol. The van der Waals surface area contributed by atoms with Crippen LogP contribution in [-0.4, -0.2) is 4.57 Å². The van der Waals surface area contributed by atoms with Crippen molar-refractivity contribution in [1.29, 1.82) is 0 Å². The number of nitrogens with zero attached hydrogens (tertiary/aromatic N) is 1. The van der Waals surface area contributed by atoms with Crippen molar-refractivity contribution in [2.45, 2.75) is 18.8 Å². The van der Waals surface area contributed by atoms with Gasteiger partial charge in [0.2, 0.25) is 0 Å². The first kappa shape index (κ1) is 7.86. The standard InChI is InChI=1S/C13H13N/c1-2-10-14(9-1)13-7-5-12(6-8-13)11-3-4-11/h1-2,5-11H,3-4H2. The summed E-state index contributed by atoms with van der Waals surface area (Å²) in [5.74, 6) is 0.855. The Morgan fingerprint density at radius 2 is 1.57 bits per heavy atom. The maximum atomic E-state index is 2.26. The van der Waals surface area contributed by atoms with Gasteiger partial charge in [-0.05, 0) is 48.6 Å². The average molecular weight is 183 g/mol. The first-order chi connectivity index (χ1) is 6.93. The molecule has 1 fully saturated rings. The first-order valence-electron chi connectivity index (χ1n) is 5.17. The molecule has 0 N–H and O–H groups in total. The van der Waals surface area contributed by atoms with Crippen LogP contribution in [0.15, 0.2) is 48.8 Å². The van der Waals surface area contributed by atoms with Crippen molar-refractivity contribution >= 4 is 0 Å². The van der Waals surface area contributed by atoms with E-state index in [0.29, 0.717) is 0 Å². The van der Waals surface area contributed by atoms with E-state index in [1.807, 2.05) is 0 Å². The zero-order valence-corrected chi connectivity index (χ0v) is 8.06. The molecule has 0 radical (unpaired) electrons. The van der Waals surface area contributed by atoms with E-state index in [9.17, 15) is 0 Å². The van der Waals surface area contributed by atoms with Crippen LogP contribution in [0.2, 0.25) is 0 Å². The van der Waals surface area contributed by atoms with E-state index in [0.717, 1.165) is 5.92 Å². The van der Waals surface area contributed by atoms with Gasteiger partial charge in [0.05, 0.1) is 0 Å². The molecule has 1 nitrogen and oxygen atoms in total. The van der Waals surface area contributed by atoms with Gasteiger partial charge in [-0.1, -0.05) is 12.1 Å². The van der Waals surface area contributed by atoms with Crippen LogP contribution in [0.4, 0.5) is 0 Å². The quantitative estimate of drug-likeness (QED) is 0.672. The van der Waals surface area contributed by atoms with E-state index in [4.69, 9.17) is 0 Å². The van der Waals surface area contributed by atoms with Crippen LogP contribution in [-0.2, 0) is 0 Å². The molecule has 1 aromatic heterocycles. The molecule has 0 spiro atoms. The SMILES string of the molecule is c1ccn(-c2ccc(C3CC3)cc2)c1. The summed E-state index contributed by atoms with van der Waals surface area (Å²) >= 11 is 0. The molecule has 0 amide bonds. The molecule has 0 bridgehead atoms. The summed E-state index contributed by atoms with van der Waals surface area (Å²) in [6.07, 6.45) is 6.91. The lowest BCUT2D eigenvalue weighted by molar-refractivity contribution is 1.06. The number of aromatic nitrogens is 1. The molecule has 0 atom stereocenters. The zero-order valence-electron chi connectivity index (χ0n) is 8.06. The largest absolute Gasteiger partial charge is 0.324 e. The normalized spacial score (nSPS) is 15.7. The molecule has 2 aromatic rings. The van der Waals surface area contributed by atoms with E-state index < -0.39 is 0 Å².